The molecular weight excluding hydrogens is 426 g/mol. The number of fused-ring (bicyclic) bond motifs is 1. The predicted molar refractivity (Wildman–Crippen MR) is 135 cm³/mol. The fraction of sp³-hybridized carbons (Fsp3) is 0.571. The van der Waals surface area contributed by atoms with Crippen molar-refractivity contribution in [3.8, 4) is 5.75 Å². The smallest absolute Gasteiger partial charge is 0.255 e. The van der Waals surface area contributed by atoms with E-state index in [1.54, 1.807) is 6.07 Å². The summed E-state index contributed by atoms with van der Waals surface area (Å²) in [5, 5.41) is 0. The molecule has 184 valence electrons. The van der Waals surface area contributed by atoms with Crippen molar-refractivity contribution in [3.63, 3.8) is 0 Å². The van der Waals surface area contributed by atoms with Crippen molar-refractivity contribution in [2.24, 2.45) is 11.3 Å². The molecule has 3 heterocycles. The summed E-state index contributed by atoms with van der Waals surface area (Å²) < 4.78 is 6.23. The summed E-state index contributed by atoms with van der Waals surface area (Å²) >= 11 is 0. The lowest BCUT2D eigenvalue weighted by molar-refractivity contribution is 0.0354. The van der Waals surface area contributed by atoms with Crippen LogP contribution in [0.3, 0.4) is 0 Å². The van der Waals surface area contributed by atoms with Crippen molar-refractivity contribution >= 4 is 5.91 Å². The van der Waals surface area contributed by atoms with Crippen LogP contribution in [0, 0.1) is 11.3 Å². The van der Waals surface area contributed by atoms with Gasteiger partial charge in [0.2, 0.25) is 5.56 Å². The van der Waals surface area contributed by atoms with Crippen LogP contribution >= 0.6 is 0 Å². The Morgan fingerprint density at radius 1 is 1.06 bits per heavy atom. The first-order valence-electron chi connectivity index (χ1n) is 12.9. The average molecular weight is 466 g/mol. The van der Waals surface area contributed by atoms with Crippen LogP contribution in [0.4, 0.5) is 0 Å². The van der Waals surface area contributed by atoms with Gasteiger partial charge >= 0.3 is 0 Å². The summed E-state index contributed by atoms with van der Waals surface area (Å²) in [6.45, 7) is 9.86. The fourth-order valence-corrected chi connectivity index (χ4v) is 5.57. The van der Waals surface area contributed by atoms with Gasteiger partial charge in [-0.05, 0) is 61.1 Å². The van der Waals surface area contributed by atoms with Crippen molar-refractivity contribution in [1.82, 2.24) is 14.8 Å². The molecule has 4 rings (SSSR count). The average Bonchev–Trinajstić information content (AvgIpc) is 2.82. The minimum absolute atomic E-state index is 0.0169. The van der Waals surface area contributed by atoms with Gasteiger partial charge in [-0.15, -0.1) is 0 Å². The van der Waals surface area contributed by atoms with Gasteiger partial charge < -0.3 is 14.6 Å². The Morgan fingerprint density at radius 3 is 2.59 bits per heavy atom. The van der Waals surface area contributed by atoms with E-state index in [4.69, 9.17) is 4.74 Å². The number of nitrogens with one attached hydrogen (secondary N) is 1. The van der Waals surface area contributed by atoms with Gasteiger partial charge in [0, 0.05) is 45.0 Å². The number of aryl methyl sites for hydroxylation is 1. The lowest BCUT2D eigenvalue weighted by atomic mass is 9.73. The molecule has 0 aliphatic carbocycles. The Balaban J connectivity index is 1.46. The zero-order chi connectivity index (χ0) is 24.0. The number of H-pyrrole nitrogens is 1. The monoisotopic (exact) mass is 465 g/mol. The van der Waals surface area contributed by atoms with Gasteiger partial charge in [0.1, 0.15) is 12.4 Å². The Bertz CT molecular complexity index is 987. The molecule has 2 aliphatic heterocycles. The van der Waals surface area contributed by atoms with Crippen LogP contribution in [0.5, 0.6) is 5.75 Å². The fourth-order valence-electron chi connectivity index (χ4n) is 5.57. The van der Waals surface area contributed by atoms with Crippen LogP contribution in [0.15, 0.2) is 47.4 Å². The highest BCUT2D eigenvalue weighted by Gasteiger charge is 2.37. The number of aromatic nitrogens is 1. The van der Waals surface area contributed by atoms with E-state index >= 15 is 0 Å². The molecule has 34 heavy (non-hydrogen) atoms. The number of carbonyl (C=O) groups excluding carboxylic acids is 1. The maximum atomic E-state index is 13.0. The van der Waals surface area contributed by atoms with Crippen LogP contribution in [-0.2, 0) is 6.42 Å². The van der Waals surface area contributed by atoms with Gasteiger partial charge in [0.15, 0.2) is 0 Å². The molecule has 0 saturated carbocycles. The van der Waals surface area contributed by atoms with Crippen LogP contribution in [0.1, 0.15) is 61.9 Å². The minimum Gasteiger partial charge on any atom is -0.492 e. The zero-order valence-corrected chi connectivity index (χ0v) is 20.7. The number of ether oxygens (including phenoxy) is 1. The predicted octanol–water partition coefficient (Wildman–Crippen LogP) is 4.36. The molecule has 0 radical (unpaired) electrons. The van der Waals surface area contributed by atoms with Crippen LogP contribution < -0.4 is 10.3 Å². The Labute approximate surface area is 203 Å². The van der Waals surface area contributed by atoms with Crippen LogP contribution in [0.2, 0.25) is 0 Å². The maximum Gasteiger partial charge on any atom is 0.255 e. The summed E-state index contributed by atoms with van der Waals surface area (Å²) in [6.07, 6.45) is 8.18. The second kappa shape index (κ2) is 11.2. The summed E-state index contributed by atoms with van der Waals surface area (Å²) in [5.41, 5.74) is 1.93. The molecule has 1 saturated heterocycles. The van der Waals surface area contributed by atoms with Crippen molar-refractivity contribution in [1.29, 1.82) is 0 Å². The third-order valence-electron chi connectivity index (χ3n) is 7.37. The first kappa shape index (κ1) is 24.5. The van der Waals surface area contributed by atoms with E-state index in [1.165, 1.54) is 30.7 Å². The van der Waals surface area contributed by atoms with Gasteiger partial charge in [-0.1, -0.05) is 38.5 Å². The number of hydrogen-bond acceptors (Lipinski definition) is 4. The summed E-state index contributed by atoms with van der Waals surface area (Å²) in [7, 11) is 0. The van der Waals surface area contributed by atoms with E-state index in [9.17, 15) is 9.59 Å². The largest absolute Gasteiger partial charge is 0.492 e. The molecule has 1 aromatic heterocycles. The molecule has 1 aromatic carbocycles. The lowest BCUT2D eigenvalue weighted by Crippen LogP contribution is -2.49. The molecular formula is C28H39N3O3. The maximum absolute atomic E-state index is 13.0. The molecule has 6 heteroatoms. The third-order valence-corrected chi connectivity index (χ3v) is 7.37. The number of rotatable bonds is 3. The van der Waals surface area contributed by atoms with Gasteiger partial charge in [-0.2, -0.15) is 0 Å². The quantitative estimate of drug-likeness (QED) is 0.732. The number of hydrogen-bond donors (Lipinski definition) is 1. The van der Waals surface area contributed by atoms with Crippen LogP contribution in [-0.4, -0.2) is 60.0 Å². The molecule has 6 nitrogen and oxygen atoms in total. The van der Waals surface area contributed by atoms with Crippen molar-refractivity contribution in [2.75, 3.05) is 39.3 Å². The zero-order valence-electron chi connectivity index (χ0n) is 20.7. The number of nitrogens with zero attached hydrogens (tertiary/aromatic N) is 2. The highest BCUT2D eigenvalue weighted by molar-refractivity contribution is 5.93. The van der Waals surface area contributed by atoms with E-state index in [0.29, 0.717) is 18.1 Å². The van der Waals surface area contributed by atoms with E-state index in [0.717, 1.165) is 64.2 Å². The number of benzene rings is 1. The van der Waals surface area contributed by atoms with Crippen molar-refractivity contribution in [2.45, 2.75) is 52.4 Å². The number of pyridine rings is 1. The summed E-state index contributed by atoms with van der Waals surface area (Å²) in [5.74, 6) is 1.65. The second-order valence-electron chi connectivity index (χ2n) is 10.5. The molecule has 0 bridgehead atoms. The standard InChI is InChI=1S/C28H39N3O3/c1-22(2)20-30-17-18-34-25-9-4-3-7-23(25)8-5-6-12-28(21-30)13-15-31(16-14-28)27(33)24-10-11-26(32)29-19-24/h3-4,7,9-11,19,22H,5-6,8,12-18,20-21H2,1-2H3,(H,29,32). The first-order valence-corrected chi connectivity index (χ1v) is 12.9. The van der Waals surface area contributed by atoms with Gasteiger partial charge in [-0.3, -0.25) is 14.5 Å². The van der Waals surface area contributed by atoms with Crippen LogP contribution in [0.25, 0.3) is 0 Å². The van der Waals surface area contributed by atoms with E-state index in [-0.39, 0.29) is 16.9 Å². The molecule has 0 atom stereocenters. The number of aromatic amines is 1. The highest BCUT2D eigenvalue weighted by atomic mass is 16.5. The van der Waals surface area contributed by atoms with Gasteiger partial charge in [0.05, 0.1) is 5.56 Å². The molecule has 2 aromatic rings. The Hall–Kier alpha value is -2.60. The highest BCUT2D eigenvalue weighted by Crippen LogP contribution is 2.39. The summed E-state index contributed by atoms with van der Waals surface area (Å²) in [6, 6.07) is 11.5. The van der Waals surface area contributed by atoms with E-state index < -0.39 is 0 Å². The van der Waals surface area contributed by atoms with Crippen molar-refractivity contribution < 1.29 is 9.53 Å². The Kier molecular flexibility index (Phi) is 8.09. The molecule has 0 unspecified atom stereocenters. The number of amides is 1. The third kappa shape index (κ3) is 6.29. The second-order valence-corrected chi connectivity index (χ2v) is 10.5. The normalized spacial score (nSPS) is 19.7. The molecule has 1 fully saturated rings. The van der Waals surface area contributed by atoms with Gasteiger partial charge in [-0.25, -0.2) is 0 Å². The number of para-hydroxylation sites is 1. The molecule has 2 aliphatic rings. The Morgan fingerprint density at radius 2 is 1.85 bits per heavy atom. The lowest BCUT2D eigenvalue weighted by Gasteiger charge is -2.45. The summed E-state index contributed by atoms with van der Waals surface area (Å²) in [4.78, 5) is 31.5. The minimum atomic E-state index is -0.181. The SMILES string of the molecule is CC(C)CN1CCOc2ccccc2CCCCC2(CCN(C(=O)c3ccc(=O)[nH]c3)CC2)C1. The number of likely N-dealkylation sites (tertiary alicyclic amines) is 1. The van der Waals surface area contributed by atoms with Crippen molar-refractivity contribution in [3.05, 3.63) is 64.1 Å². The first-order chi connectivity index (χ1) is 16.4. The number of piperidine rings is 1. The van der Waals surface area contributed by atoms with E-state index in [1.807, 2.05) is 4.90 Å². The molecule has 1 amide bonds. The van der Waals surface area contributed by atoms with Gasteiger partial charge in [0.25, 0.3) is 5.91 Å². The van der Waals surface area contributed by atoms with E-state index in [2.05, 4.69) is 48.0 Å². The molecule has 1 spiro atoms. The molecule has 1 N–H and O–H groups in total. The topological polar surface area (TPSA) is 65.6 Å². The number of carbonyl (C=O) groups is 1.